The Morgan fingerprint density at radius 1 is 1.00 bits per heavy atom. The highest BCUT2D eigenvalue weighted by Crippen LogP contribution is 2.60. The smallest absolute Gasteiger partial charge is 0.407 e. The molecule has 4 aliphatic carbocycles. The summed E-state index contributed by atoms with van der Waals surface area (Å²) in [5.41, 5.74) is -0.0127. The molecule has 0 aromatic heterocycles. The van der Waals surface area contributed by atoms with E-state index < -0.39 is 22.6 Å². The second-order valence-corrected chi connectivity index (χ2v) is 14.9. The van der Waals surface area contributed by atoms with Crippen molar-refractivity contribution in [3.8, 4) is 5.75 Å². The summed E-state index contributed by atoms with van der Waals surface area (Å²) >= 11 is 0. The minimum absolute atomic E-state index is 0.0525. The highest BCUT2D eigenvalue weighted by molar-refractivity contribution is 5.68. The average molecular weight is 583 g/mol. The van der Waals surface area contributed by atoms with Crippen LogP contribution in [0.3, 0.4) is 0 Å². The van der Waals surface area contributed by atoms with Crippen molar-refractivity contribution in [1.82, 2.24) is 5.32 Å². The average Bonchev–Trinajstić information content (AvgIpc) is 3.38. The standard InChI is InChI=1S/C35H54N2O5/c1-20(2)8-7-9-21(3)24-12-13-26-25(24)14-15-28-27(26)11-10-23-19-35(5,18-22(4)29(23)28)42-34(40)37-17-16-36-30-31(38)32(39)33(30)41-6/h10,20-22,24-29,36H,7-9,11-19H2,1-6H3,(H,37,40)/t21-,22?,24?,25?,26?,27?,28?,29?,35?/m1/s1. The Morgan fingerprint density at radius 3 is 2.48 bits per heavy atom. The molecule has 4 aliphatic rings. The van der Waals surface area contributed by atoms with E-state index in [9.17, 15) is 14.4 Å². The number of fused-ring (bicyclic) bond motifs is 5. The molecule has 0 radical (unpaired) electrons. The number of hydrogen-bond donors (Lipinski definition) is 2. The first-order valence-electron chi connectivity index (χ1n) is 16.8. The van der Waals surface area contributed by atoms with Crippen LogP contribution < -0.4 is 26.2 Å². The van der Waals surface area contributed by atoms with Crippen molar-refractivity contribution in [2.24, 2.45) is 53.3 Å². The number of carbonyl (C=O) groups is 1. The summed E-state index contributed by atoms with van der Waals surface area (Å²) in [5, 5.41) is 5.69. The van der Waals surface area contributed by atoms with Crippen LogP contribution in [0.15, 0.2) is 21.2 Å². The Bertz CT molecular complexity index is 1210. The maximum atomic E-state index is 12.7. The molecule has 0 bridgehead atoms. The molecule has 0 aliphatic heterocycles. The Labute approximate surface area is 252 Å². The molecule has 3 fully saturated rings. The molecule has 234 valence electrons. The van der Waals surface area contributed by atoms with Gasteiger partial charge in [-0.05, 0) is 98.7 Å². The van der Waals surface area contributed by atoms with Crippen molar-refractivity contribution in [2.45, 2.75) is 104 Å². The molecule has 42 heavy (non-hydrogen) atoms. The number of alkyl carbamates (subject to hydrolysis) is 1. The van der Waals surface area contributed by atoms with Gasteiger partial charge in [-0.1, -0.05) is 58.6 Å². The van der Waals surface area contributed by atoms with Gasteiger partial charge in [0, 0.05) is 19.5 Å². The number of nitrogens with one attached hydrogen (secondary N) is 2. The van der Waals surface area contributed by atoms with Crippen molar-refractivity contribution in [3.63, 3.8) is 0 Å². The second-order valence-electron chi connectivity index (χ2n) is 14.9. The van der Waals surface area contributed by atoms with Crippen LogP contribution in [0.2, 0.25) is 0 Å². The van der Waals surface area contributed by atoms with E-state index in [4.69, 9.17) is 9.47 Å². The summed E-state index contributed by atoms with van der Waals surface area (Å²) < 4.78 is 11.0. The maximum absolute atomic E-state index is 12.7. The van der Waals surface area contributed by atoms with Crippen molar-refractivity contribution in [3.05, 3.63) is 32.1 Å². The molecule has 2 N–H and O–H groups in total. The number of methoxy groups -OCH3 is 1. The van der Waals surface area contributed by atoms with Gasteiger partial charge in [-0.25, -0.2) is 4.79 Å². The minimum atomic E-state index is -0.615. The first-order valence-corrected chi connectivity index (χ1v) is 16.8. The summed E-state index contributed by atoms with van der Waals surface area (Å²) in [5.74, 6) is 7.23. The van der Waals surface area contributed by atoms with Crippen LogP contribution in [-0.4, -0.2) is 31.9 Å². The van der Waals surface area contributed by atoms with E-state index >= 15 is 0 Å². The van der Waals surface area contributed by atoms with Crippen LogP contribution in [-0.2, 0) is 4.74 Å². The number of ether oxygens (including phenoxy) is 2. The molecule has 8 unspecified atom stereocenters. The molecule has 9 atom stereocenters. The fourth-order valence-electron chi connectivity index (χ4n) is 9.97. The van der Waals surface area contributed by atoms with Crippen molar-refractivity contribution >= 4 is 11.8 Å². The Kier molecular flexibility index (Phi) is 9.44. The van der Waals surface area contributed by atoms with Crippen LogP contribution in [0, 0.1) is 53.3 Å². The van der Waals surface area contributed by atoms with Crippen LogP contribution in [0.25, 0.3) is 0 Å². The van der Waals surface area contributed by atoms with Gasteiger partial charge in [0.2, 0.25) is 0 Å². The zero-order chi connectivity index (χ0) is 30.2. The quantitative estimate of drug-likeness (QED) is 0.171. The zero-order valence-corrected chi connectivity index (χ0v) is 26.8. The number of allylic oxidation sites excluding steroid dienone is 1. The highest BCUT2D eigenvalue weighted by Gasteiger charge is 2.53. The Morgan fingerprint density at radius 2 is 1.74 bits per heavy atom. The van der Waals surface area contributed by atoms with E-state index in [1.165, 1.54) is 64.0 Å². The van der Waals surface area contributed by atoms with E-state index in [1.807, 2.05) is 0 Å². The molecule has 1 aromatic rings. The molecular formula is C35H54N2O5. The lowest BCUT2D eigenvalue weighted by molar-refractivity contribution is -0.0403. The SMILES string of the molecule is COc1c(NCCNC(=O)OC2(C)CC3=CCC4C5CCC([C@H](C)CCCC(C)C)C5CCC4C3C(C)C2)c(=O)c1=O. The van der Waals surface area contributed by atoms with Gasteiger partial charge in [0.1, 0.15) is 11.3 Å². The maximum Gasteiger partial charge on any atom is 0.407 e. The van der Waals surface area contributed by atoms with Gasteiger partial charge in [-0.15, -0.1) is 0 Å². The van der Waals surface area contributed by atoms with Crippen molar-refractivity contribution in [2.75, 3.05) is 25.5 Å². The van der Waals surface area contributed by atoms with Gasteiger partial charge < -0.3 is 20.1 Å². The van der Waals surface area contributed by atoms with Crippen LogP contribution in [0.4, 0.5) is 10.5 Å². The van der Waals surface area contributed by atoms with E-state index in [1.54, 1.807) is 0 Å². The molecule has 1 amide bonds. The Balaban J connectivity index is 1.13. The monoisotopic (exact) mass is 582 g/mol. The predicted molar refractivity (Wildman–Crippen MR) is 168 cm³/mol. The summed E-state index contributed by atoms with van der Waals surface area (Å²) in [7, 11) is 1.36. The van der Waals surface area contributed by atoms with Crippen LogP contribution in [0.1, 0.15) is 98.8 Å². The number of anilines is 1. The third-order valence-electron chi connectivity index (χ3n) is 11.6. The predicted octanol–water partition coefficient (Wildman–Crippen LogP) is 6.70. The summed E-state index contributed by atoms with van der Waals surface area (Å²) in [6.45, 7) is 12.3. The molecular weight excluding hydrogens is 528 g/mol. The molecule has 7 nitrogen and oxygen atoms in total. The molecule has 1 aromatic carbocycles. The third kappa shape index (κ3) is 6.17. The number of rotatable bonds is 11. The van der Waals surface area contributed by atoms with Gasteiger partial charge in [-0.2, -0.15) is 0 Å². The zero-order valence-electron chi connectivity index (χ0n) is 26.8. The van der Waals surface area contributed by atoms with Gasteiger partial charge in [0.05, 0.1) is 7.11 Å². The molecule has 0 heterocycles. The lowest BCUT2D eigenvalue weighted by Gasteiger charge is -2.53. The molecule has 0 spiro atoms. The fraction of sp³-hybridized carbons (Fsp3) is 0.800. The number of amides is 1. The van der Waals surface area contributed by atoms with E-state index in [0.717, 1.165) is 54.3 Å². The molecule has 3 saturated carbocycles. The van der Waals surface area contributed by atoms with E-state index in [0.29, 0.717) is 18.4 Å². The normalized spacial score (nSPS) is 34.6. The summed E-state index contributed by atoms with van der Waals surface area (Å²) in [6.07, 6.45) is 14.8. The Hall–Kier alpha value is -2.31. The first kappa shape index (κ1) is 31.1. The number of hydrogen-bond acceptors (Lipinski definition) is 6. The van der Waals surface area contributed by atoms with Crippen molar-refractivity contribution < 1.29 is 14.3 Å². The molecule has 5 rings (SSSR count). The van der Waals surface area contributed by atoms with Gasteiger partial charge in [-0.3, -0.25) is 9.59 Å². The highest BCUT2D eigenvalue weighted by atomic mass is 16.6. The number of carbonyl (C=O) groups excluding carboxylic acids is 1. The fourth-order valence-corrected chi connectivity index (χ4v) is 9.97. The lowest BCUT2D eigenvalue weighted by atomic mass is 9.53. The van der Waals surface area contributed by atoms with Crippen LogP contribution in [0.5, 0.6) is 5.75 Å². The first-order chi connectivity index (χ1) is 20.0. The van der Waals surface area contributed by atoms with E-state index in [-0.39, 0.29) is 18.0 Å². The minimum Gasteiger partial charge on any atom is -0.491 e. The van der Waals surface area contributed by atoms with Gasteiger partial charge in [0.15, 0.2) is 5.75 Å². The van der Waals surface area contributed by atoms with Gasteiger partial charge >= 0.3 is 6.09 Å². The van der Waals surface area contributed by atoms with Crippen molar-refractivity contribution in [1.29, 1.82) is 0 Å². The lowest BCUT2D eigenvalue weighted by Crippen LogP contribution is -2.49. The summed E-state index contributed by atoms with van der Waals surface area (Å²) in [6, 6.07) is 0. The van der Waals surface area contributed by atoms with E-state index in [2.05, 4.69) is 51.3 Å². The third-order valence-corrected chi connectivity index (χ3v) is 11.6. The summed E-state index contributed by atoms with van der Waals surface area (Å²) in [4.78, 5) is 35.9. The molecule has 0 saturated heterocycles. The van der Waals surface area contributed by atoms with Gasteiger partial charge in [0.25, 0.3) is 10.9 Å². The largest absolute Gasteiger partial charge is 0.491 e. The second kappa shape index (κ2) is 12.7. The van der Waals surface area contributed by atoms with Crippen LogP contribution >= 0.6 is 0 Å². The topological polar surface area (TPSA) is 93.7 Å². The molecule has 7 heteroatoms.